The Morgan fingerprint density at radius 2 is 1.43 bits per heavy atom. The number of aliphatic carboxylic acids is 1. The predicted octanol–water partition coefficient (Wildman–Crippen LogP) is 7.31. The van der Waals surface area contributed by atoms with E-state index >= 15 is 0 Å². The fraction of sp³-hybridized carbons (Fsp3) is 0.241. The molecule has 0 aliphatic rings. The second kappa shape index (κ2) is 13.3. The quantitative estimate of drug-likeness (QED) is 0.208. The number of benzene rings is 3. The summed E-state index contributed by atoms with van der Waals surface area (Å²) < 4.78 is 119. The van der Waals surface area contributed by atoms with Crippen LogP contribution in [0.5, 0.6) is 5.75 Å². The molecule has 6 nitrogen and oxygen atoms in total. The van der Waals surface area contributed by atoms with Gasteiger partial charge in [0.2, 0.25) is 0 Å². The number of aromatic nitrogens is 1. The van der Waals surface area contributed by atoms with E-state index in [9.17, 15) is 39.5 Å². The number of nitrogens with zero attached hydrogens (tertiary/aromatic N) is 2. The van der Waals surface area contributed by atoms with Gasteiger partial charge in [0.05, 0.1) is 22.8 Å². The van der Waals surface area contributed by atoms with Gasteiger partial charge in [-0.3, -0.25) is 0 Å². The molecule has 0 spiro atoms. The number of ether oxygens (including phenoxy) is 1. The van der Waals surface area contributed by atoms with Crippen molar-refractivity contribution in [3.8, 4) is 11.8 Å². The highest BCUT2D eigenvalue weighted by Gasteiger charge is 2.38. The van der Waals surface area contributed by atoms with Crippen LogP contribution in [0.3, 0.4) is 0 Å². The lowest BCUT2D eigenvalue weighted by atomic mass is 10.0. The Bertz CT molecular complexity index is 1620. The Morgan fingerprint density at radius 1 is 0.864 bits per heavy atom. The first-order valence-electron chi connectivity index (χ1n) is 12.4. The summed E-state index contributed by atoms with van der Waals surface area (Å²) in [5.74, 6) is -2.22. The van der Waals surface area contributed by atoms with Gasteiger partial charge in [0.25, 0.3) is 0 Å². The molecule has 15 heteroatoms. The summed E-state index contributed by atoms with van der Waals surface area (Å²) in [6.45, 7) is 0.353. The average Bonchev–Trinajstić information content (AvgIpc) is 3.27. The van der Waals surface area contributed by atoms with Crippen molar-refractivity contribution in [1.82, 2.24) is 4.57 Å². The zero-order valence-electron chi connectivity index (χ0n) is 22.3. The van der Waals surface area contributed by atoms with Gasteiger partial charge in [0, 0.05) is 23.6 Å². The van der Waals surface area contributed by atoms with E-state index in [4.69, 9.17) is 25.6 Å². The van der Waals surface area contributed by atoms with Crippen LogP contribution < -0.4 is 10.5 Å². The summed E-state index contributed by atoms with van der Waals surface area (Å²) in [5, 5.41) is 16.8. The van der Waals surface area contributed by atoms with E-state index < -0.39 is 35.6 Å². The molecule has 0 amide bonds. The molecule has 0 fully saturated rings. The summed E-state index contributed by atoms with van der Waals surface area (Å²) in [6, 6.07) is 15.7. The number of hydrogen-bond acceptors (Lipinski definition) is 4. The van der Waals surface area contributed by atoms with E-state index in [0.717, 1.165) is 28.6 Å². The number of nitriles is 1. The normalized spacial score (nSPS) is 11.9. The van der Waals surface area contributed by atoms with E-state index in [-0.39, 0.29) is 24.8 Å². The van der Waals surface area contributed by atoms with Crippen molar-refractivity contribution in [2.24, 2.45) is 5.73 Å². The van der Waals surface area contributed by atoms with Crippen molar-refractivity contribution in [2.75, 3.05) is 6.54 Å². The number of rotatable bonds is 7. The van der Waals surface area contributed by atoms with E-state index in [1.807, 2.05) is 6.07 Å². The lowest BCUT2D eigenvalue weighted by Gasteiger charge is -2.15. The smallest absolute Gasteiger partial charge is 0.489 e. The van der Waals surface area contributed by atoms with Crippen molar-refractivity contribution in [3.05, 3.63) is 100 Å². The van der Waals surface area contributed by atoms with Gasteiger partial charge < -0.3 is 20.1 Å². The highest BCUT2D eigenvalue weighted by Crippen LogP contribution is 2.37. The molecule has 0 radical (unpaired) electrons. The Hall–Kier alpha value is -4.71. The monoisotopic (exact) mass is 631 g/mol. The zero-order valence-corrected chi connectivity index (χ0v) is 22.3. The third-order valence-corrected chi connectivity index (χ3v) is 6.08. The first-order valence-corrected chi connectivity index (χ1v) is 12.4. The molecule has 0 aliphatic heterocycles. The number of carboxylic acids is 1. The number of carbonyl (C=O) groups is 1. The molecule has 44 heavy (non-hydrogen) atoms. The third kappa shape index (κ3) is 8.90. The summed E-state index contributed by atoms with van der Waals surface area (Å²) in [7, 11) is 0. The van der Waals surface area contributed by atoms with Crippen LogP contribution in [0.25, 0.3) is 10.9 Å². The molecule has 1 heterocycles. The molecule has 0 aliphatic carbocycles. The molecule has 0 unspecified atom stereocenters. The van der Waals surface area contributed by atoms with Crippen LogP contribution in [-0.2, 0) is 36.7 Å². The first-order chi connectivity index (χ1) is 20.4. The van der Waals surface area contributed by atoms with Crippen LogP contribution in [0.2, 0.25) is 0 Å². The molecule has 3 aromatic carbocycles. The number of nitrogens with two attached hydrogens (primary N) is 1. The van der Waals surface area contributed by atoms with Gasteiger partial charge in [-0.2, -0.15) is 44.8 Å². The number of hydrogen-bond donors (Lipinski definition) is 2. The third-order valence-electron chi connectivity index (χ3n) is 6.08. The van der Waals surface area contributed by atoms with Crippen LogP contribution in [0.1, 0.15) is 33.4 Å². The minimum Gasteiger partial charge on any atom is -0.489 e. The predicted molar refractivity (Wildman–Crippen MR) is 139 cm³/mol. The Balaban J connectivity index is 0.000000676. The molecule has 0 atom stereocenters. The fourth-order valence-corrected chi connectivity index (χ4v) is 4.07. The lowest BCUT2D eigenvalue weighted by molar-refractivity contribution is -0.192. The summed E-state index contributed by atoms with van der Waals surface area (Å²) in [6.07, 6.45) is -12.8. The molecule has 4 rings (SSSR count). The van der Waals surface area contributed by atoms with Crippen LogP contribution in [0.15, 0.2) is 66.9 Å². The topological polar surface area (TPSA) is 101 Å². The summed E-state index contributed by atoms with van der Waals surface area (Å²) in [4.78, 5) is 8.90. The average molecular weight is 631 g/mol. The SMILES string of the molecule is N#Cc1ccc(COc2ccc3c(c2)c(CCN)cn3Cc2cc(C(F)(F)F)cc(C(F)(F)F)c2)cc1.O=C(O)C(F)(F)F. The number of halogens is 9. The minimum absolute atomic E-state index is 0.120. The number of alkyl halides is 9. The Labute approximate surface area is 243 Å². The van der Waals surface area contributed by atoms with Gasteiger partial charge in [-0.05, 0) is 78.2 Å². The van der Waals surface area contributed by atoms with E-state index in [0.29, 0.717) is 29.8 Å². The van der Waals surface area contributed by atoms with Crippen molar-refractivity contribution in [3.63, 3.8) is 0 Å². The van der Waals surface area contributed by atoms with Gasteiger partial charge in [0.1, 0.15) is 12.4 Å². The molecule has 0 saturated carbocycles. The highest BCUT2D eigenvalue weighted by atomic mass is 19.4. The van der Waals surface area contributed by atoms with Gasteiger partial charge in [0.15, 0.2) is 0 Å². The van der Waals surface area contributed by atoms with Gasteiger partial charge in [-0.1, -0.05) is 12.1 Å². The van der Waals surface area contributed by atoms with Crippen LogP contribution in [-0.4, -0.2) is 28.4 Å². The van der Waals surface area contributed by atoms with Crippen LogP contribution in [0.4, 0.5) is 39.5 Å². The lowest BCUT2D eigenvalue weighted by Crippen LogP contribution is -2.21. The molecule has 234 valence electrons. The Kier molecular flexibility index (Phi) is 10.2. The first kappa shape index (κ1) is 33.8. The fourth-order valence-electron chi connectivity index (χ4n) is 4.07. The molecular weight excluding hydrogens is 609 g/mol. The molecule has 4 aromatic rings. The van der Waals surface area contributed by atoms with Crippen LogP contribution >= 0.6 is 0 Å². The maximum absolute atomic E-state index is 13.3. The summed E-state index contributed by atoms with van der Waals surface area (Å²) >= 11 is 0. The van der Waals surface area contributed by atoms with E-state index in [1.165, 1.54) is 0 Å². The second-order valence-electron chi connectivity index (χ2n) is 9.31. The molecule has 3 N–H and O–H groups in total. The highest BCUT2D eigenvalue weighted by molar-refractivity contribution is 5.85. The van der Waals surface area contributed by atoms with Gasteiger partial charge in [-0.15, -0.1) is 0 Å². The minimum atomic E-state index is -5.08. The van der Waals surface area contributed by atoms with Gasteiger partial charge >= 0.3 is 24.5 Å². The van der Waals surface area contributed by atoms with E-state index in [2.05, 4.69) is 0 Å². The molecule has 1 aromatic heterocycles. The Morgan fingerprint density at radius 3 is 1.91 bits per heavy atom. The number of fused-ring (bicyclic) bond motifs is 1. The molecular formula is C29H22F9N3O3. The number of carboxylic acid groups (broad SMARTS) is 1. The van der Waals surface area contributed by atoms with Crippen molar-refractivity contribution < 1.29 is 54.2 Å². The van der Waals surface area contributed by atoms with Crippen molar-refractivity contribution in [1.29, 1.82) is 5.26 Å². The second-order valence-corrected chi connectivity index (χ2v) is 9.31. The van der Waals surface area contributed by atoms with Crippen LogP contribution in [0, 0.1) is 11.3 Å². The largest absolute Gasteiger partial charge is 0.490 e. The van der Waals surface area contributed by atoms with E-state index in [1.54, 1.807) is 53.2 Å². The standard InChI is InChI=1S/C27H21F6N3O.C2HF3O2/c28-26(29,30)21-9-19(10-22(11-21)27(31,32)33)14-36-15-20(7-8-34)24-12-23(5-6-25(24)36)37-16-18-3-1-17(13-35)2-4-18;3-2(4,5)1(6)7/h1-6,9-12,15H,7-8,14,16,34H2;(H,6,7). The molecule has 0 bridgehead atoms. The summed E-state index contributed by atoms with van der Waals surface area (Å²) in [5.41, 5.74) is 5.70. The maximum atomic E-state index is 13.3. The van der Waals surface area contributed by atoms with Gasteiger partial charge in [-0.25, -0.2) is 4.79 Å². The van der Waals surface area contributed by atoms with Crippen molar-refractivity contribution >= 4 is 16.9 Å². The molecule has 0 saturated heterocycles. The zero-order chi connectivity index (χ0) is 32.9. The van der Waals surface area contributed by atoms with Crippen molar-refractivity contribution in [2.45, 2.75) is 38.1 Å². The maximum Gasteiger partial charge on any atom is 0.490 e.